The van der Waals surface area contributed by atoms with E-state index in [1.54, 1.807) is 4.57 Å². The van der Waals surface area contributed by atoms with Gasteiger partial charge in [-0.25, -0.2) is 4.98 Å². The molecule has 0 aliphatic heterocycles. The van der Waals surface area contributed by atoms with Crippen LogP contribution in [0.4, 0.5) is 0 Å². The van der Waals surface area contributed by atoms with Crippen LogP contribution in [0.5, 0.6) is 11.5 Å². The Kier molecular flexibility index (Phi) is 4.16. The molecule has 0 atom stereocenters. The molecule has 0 aliphatic rings. The zero-order valence-electron chi connectivity index (χ0n) is 22.3. The van der Waals surface area contributed by atoms with Gasteiger partial charge in [0.05, 0.1) is 16.5 Å². The van der Waals surface area contributed by atoms with Crippen molar-refractivity contribution >= 4 is 37.7 Å². The molecule has 0 saturated carbocycles. The Bertz CT molecular complexity index is 1870. The van der Waals surface area contributed by atoms with Crippen molar-refractivity contribution in [1.82, 2.24) is 9.55 Å². The van der Waals surface area contributed by atoms with Crippen molar-refractivity contribution in [2.24, 2.45) is 0 Å². The van der Waals surface area contributed by atoms with Crippen LogP contribution in [0.15, 0.2) is 114 Å². The maximum atomic E-state index is 8.76. The monoisotopic (exact) mass is 508 g/mol. The number of aryl methyl sites for hydroxylation is 1. The van der Waals surface area contributed by atoms with Crippen molar-refractivity contribution in [3.63, 3.8) is 0 Å². The summed E-state index contributed by atoms with van der Waals surface area (Å²) in [5.74, 6) is 1.80. The number of ether oxygens (including phenoxy) is 1. The number of rotatable bonds is 4. The summed E-state index contributed by atoms with van der Waals surface area (Å²) in [7, 11) is 0. The molecule has 0 amide bonds. The van der Waals surface area contributed by atoms with Gasteiger partial charge in [0, 0.05) is 33.1 Å². The first-order valence-electron chi connectivity index (χ1n) is 12.8. The molecule has 164 valence electrons. The Hall–Kier alpha value is -3.89. The second kappa shape index (κ2) is 8.47. The van der Waals surface area contributed by atoms with E-state index in [9.17, 15) is 0 Å². The number of hydrogen-bond donors (Lipinski definition) is 0. The summed E-state index contributed by atoms with van der Waals surface area (Å²) >= 11 is 3.47. The fourth-order valence-corrected chi connectivity index (χ4v) is 4.63. The van der Waals surface area contributed by atoms with Gasteiger partial charge in [-0.05, 0) is 60.5 Å². The van der Waals surface area contributed by atoms with Crippen LogP contribution in [0.2, 0.25) is 0 Å². The quantitative estimate of drug-likeness (QED) is 0.238. The van der Waals surface area contributed by atoms with Crippen molar-refractivity contribution in [1.29, 1.82) is 0 Å². The van der Waals surface area contributed by atoms with E-state index in [4.69, 9.17) is 15.2 Å². The van der Waals surface area contributed by atoms with Gasteiger partial charge in [0.1, 0.15) is 17.3 Å². The number of hydrogen-bond acceptors (Lipinski definition) is 2. The van der Waals surface area contributed by atoms with E-state index in [2.05, 4.69) is 15.9 Å². The molecule has 4 heteroatoms. The average molecular weight is 509 g/mol. The average Bonchev–Trinajstić information content (AvgIpc) is 3.26. The molecule has 2 heterocycles. The number of aromatic nitrogens is 2. The van der Waals surface area contributed by atoms with Gasteiger partial charge in [-0.2, -0.15) is 0 Å². The molecule has 6 rings (SSSR count). The number of pyridine rings is 1. The topological polar surface area (TPSA) is 27.1 Å². The van der Waals surface area contributed by atoms with Crippen molar-refractivity contribution in [2.45, 2.75) is 6.92 Å². The lowest BCUT2D eigenvalue weighted by Crippen LogP contribution is -1.99. The maximum Gasteiger partial charge on any atom is 0.137 e. The summed E-state index contributed by atoms with van der Waals surface area (Å²) < 4.78 is 42.9. The molecule has 0 aliphatic carbocycles. The minimum Gasteiger partial charge on any atom is -0.457 e. The van der Waals surface area contributed by atoms with Crippen molar-refractivity contribution < 1.29 is 10.2 Å². The largest absolute Gasteiger partial charge is 0.457 e. The van der Waals surface area contributed by atoms with Gasteiger partial charge in [-0.1, -0.05) is 70.5 Å². The summed E-state index contributed by atoms with van der Waals surface area (Å²) in [6.45, 7) is 2.01. The van der Waals surface area contributed by atoms with E-state index in [0.29, 0.717) is 39.1 Å². The van der Waals surface area contributed by atoms with Crippen molar-refractivity contribution in [3.8, 4) is 28.4 Å². The van der Waals surface area contributed by atoms with Crippen LogP contribution >= 0.6 is 15.9 Å². The molecular formula is C30H21BrN2O. The number of halogens is 1. The molecule has 0 unspecified atom stereocenters. The van der Waals surface area contributed by atoms with E-state index in [1.165, 1.54) is 0 Å². The first kappa shape index (κ1) is 16.7. The highest BCUT2D eigenvalue weighted by atomic mass is 79.9. The number of nitrogens with zero attached hydrogens (tertiary/aromatic N) is 2. The maximum absolute atomic E-state index is 8.76. The van der Waals surface area contributed by atoms with Gasteiger partial charge >= 0.3 is 0 Å². The second-order valence-electron chi connectivity index (χ2n) is 8.02. The van der Waals surface area contributed by atoms with E-state index in [-0.39, 0.29) is 24.2 Å². The minimum atomic E-state index is -0.283. The lowest BCUT2D eigenvalue weighted by atomic mass is 10.0. The third kappa shape index (κ3) is 3.66. The molecule has 6 aromatic rings. The Labute approximate surface area is 212 Å². The van der Waals surface area contributed by atoms with Gasteiger partial charge in [-0.15, -0.1) is 0 Å². The predicted molar refractivity (Wildman–Crippen MR) is 143 cm³/mol. The highest BCUT2D eigenvalue weighted by Crippen LogP contribution is 2.36. The van der Waals surface area contributed by atoms with E-state index in [1.807, 2.05) is 92.0 Å². The van der Waals surface area contributed by atoms with E-state index in [0.717, 1.165) is 21.2 Å². The Morgan fingerprint density at radius 3 is 2.47 bits per heavy atom. The highest BCUT2D eigenvalue weighted by Gasteiger charge is 2.15. The van der Waals surface area contributed by atoms with Gasteiger partial charge < -0.3 is 4.74 Å². The first-order valence-corrected chi connectivity index (χ1v) is 11.6. The Morgan fingerprint density at radius 1 is 0.824 bits per heavy atom. The molecule has 0 radical (unpaired) electrons. The molecule has 0 saturated heterocycles. The third-order valence-electron chi connectivity index (χ3n) is 5.81. The zero-order chi connectivity index (χ0) is 26.6. The van der Waals surface area contributed by atoms with Gasteiger partial charge in [0.15, 0.2) is 0 Å². The summed E-state index contributed by atoms with van der Waals surface area (Å²) in [5.41, 5.74) is 4.11. The number of para-hydroxylation sites is 1. The van der Waals surface area contributed by atoms with Gasteiger partial charge in [0.2, 0.25) is 0 Å². The smallest absolute Gasteiger partial charge is 0.137 e. The normalized spacial score (nSPS) is 12.9. The second-order valence-corrected chi connectivity index (χ2v) is 8.94. The molecule has 0 spiro atoms. The lowest BCUT2D eigenvalue weighted by Gasteiger charge is -2.12. The zero-order valence-corrected chi connectivity index (χ0v) is 19.8. The van der Waals surface area contributed by atoms with Crippen LogP contribution in [0, 0.1) is 6.92 Å². The minimum absolute atomic E-state index is 0.0805. The van der Waals surface area contributed by atoms with Crippen molar-refractivity contribution in [2.75, 3.05) is 0 Å². The predicted octanol–water partition coefficient (Wildman–Crippen LogP) is 8.71. The van der Waals surface area contributed by atoms with E-state index >= 15 is 0 Å². The van der Waals surface area contributed by atoms with Gasteiger partial charge in [-0.3, -0.25) is 4.57 Å². The fraction of sp³-hybridized carbons (Fsp3) is 0.0333. The highest BCUT2D eigenvalue weighted by molar-refractivity contribution is 9.10. The Balaban J connectivity index is 1.62. The SMILES string of the molecule is [2H]c1c([2H])c([2H])c2c(c1[2H])c1ccc(Oc3cccc(Br)c3)cc1n2-c1cc(C)c(-c2ccccc2)cn1. The summed E-state index contributed by atoms with van der Waals surface area (Å²) in [5, 5.41) is 1.15. The Morgan fingerprint density at radius 2 is 1.65 bits per heavy atom. The fourth-order valence-electron chi connectivity index (χ4n) is 4.25. The van der Waals surface area contributed by atoms with Gasteiger partial charge in [0.25, 0.3) is 0 Å². The molecule has 4 aromatic carbocycles. The van der Waals surface area contributed by atoms with E-state index < -0.39 is 0 Å². The molecule has 34 heavy (non-hydrogen) atoms. The lowest BCUT2D eigenvalue weighted by molar-refractivity contribution is 0.483. The first-order chi connectivity index (χ1) is 18.3. The number of fused-ring (bicyclic) bond motifs is 3. The van der Waals surface area contributed by atoms with Crippen LogP contribution in [0.3, 0.4) is 0 Å². The van der Waals surface area contributed by atoms with Crippen LogP contribution in [-0.4, -0.2) is 9.55 Å². The summed E-state index contributed by atoms with van der Waals surface area (Å²) in [6.07, 6.45) is 1.81. The van der Waals surface area contributed by atoms with Crippen molar-refractivity contribution in [3.05, 3.63) is 119 Å². The van der Waals surface area contributed by atoms with Crippen LogP contribution in [0.25, 0.3) is 38.8 Å². The molecule has 0 fully saturated rings. The summed E-state index contributed by atoms with van der Waals surface area (Å²) in [6, 6.07) is 24.3. The van der Waals surface area contributed by atoms with Crippen LogP contribution in [-0.2, 0) is 0 Å². The molecular weight excluding hydrogens is 484 g/mol. The van der Waals surface area contributed by atoms with Crippen LogP contribution in [0.1, 0.15) is 11.0 Å². The standard InChI is InChI=1S/C30H21BrN2O/c1-20-16-30(32-19-27(20)21-8-3-2-4-9-21)33-28-13-6-5-12-25(28)26-15-14-24(18-29(26)33)34-23-11-7-10-22(31)17-23/h2-19H,1H3/i5D,6D,12D,13D. The summed E-state index contributed by atoms with van der Waals surface area (Å²) in [4.78, 5) is 4.77. The number of benzene rings is 4. The third-order valence-corrected chi connectivity index (χ3v) is 6.31. The molecule has 0 N–H and O–H groups in total. The molecule has 3 nitrogen and oxygen atoms in total. The molecule has 2 aromatic heterocycles. The molecule has 0 bridgehead atoms. The van der Waals surface area contributed by atoms with Crippen LogP contribution < -0.4 is 4.74 Å².